The van der Waals surface area contributed by atoms with E-state index in [0.717, 1.165) is 25.7 Å². The van der Waals surface area contributed by atoms with Gasteiger partial charge >= 0.3 is 6.09 Å². The highest BCUT2D eigenvalue weighted by Crippen LogP contribution is 2.50. The Morgan fingerprint density at radius 3 is 2.74 bits per heavy atom. The number of benzene rings is 1. The van der Waals surface area contributed by atoms with E-state index in [0.29, 0.717) is 24.6 Å². The highest BCUT2D eigenvalue weighted by molar-refractivity contribution is 6.30. The molecule has 2 amide bonds. The van der Waals surface area contributed by atoms with Gasteiger partial charge in [-0.3, -0.25) is 4.79 Å². The van der Waals surface area contributed by atoms with E-state index in [1.54, 1.807) is 11.0 Å². The molecule has 2 aliphatic rings. The Hall–Kier alpha value is -2.81. The second-order valence-corrected chi connectivity index (χ2v) is 8.43. The van der Waals surface area contributed by atoms with E-state index in [1.165, 1.54) is 25.2 Å². The Balaban J connectivity index is 1.20. The summed E-state index contributed by atoms with van der Waals surface area (Å²) in [4.78, 5) is 25.5. The molecule has 4 rings (SSSR count). The van der Waals surface area contributed by atoms with E-state index in [1.807, 2.05) is 0 Å². The molecule has 0 bridgehead atoms. The lowest BCUT2D eigenvalue weighted by molar-refractivity contribution is -0.0540. The fourth-order valence-corrected chi connectivity index (χ4v) is 4.26. The van der Waals surface area contributed by atoms with E-state index in [4.69, 9.17) is 25.6 Å². The summed E-state index contributed by atoms with van der Waals surface area (Å²) in [6.07, 6.45) is 3.10. The molecule has 2 fully saturated rings. The number of amides is 2. The molecule has 10 heteroatoms. The lowest BCUT2D eigenvalue weighted by atomic mass is 9.61. The molecule has 0 radical (unpaired) electrons. The second-order valence-electron chi connectivity index (χ2n) is 8.02. The average molecular weight is 452 g/mol. The predicted molar refractivity (Wildman–Crippen MR) is 108 cm³/mol. The Morgan fingerprint density at radius 1 is 1.32 bits per heavy atom. The Kier molecular flexibility index (Phi) is 6.04. The second kappa shape index (κ2) is 8.74. The lowest BCUT2D eigenvalue weighted by Gasteiger charge is -2.51. The minimum Gasteiger partial charge on any atom is -0.490 e. The van der Waals surface area contributed by atoms with Crippen LogP contribution in [-0.2, 0) is 11.3 Å². The zero-order valence-electron chi connectivity index (χ0n) is 17.0. The molecule has 166 valence electrons. The van der Waals surface area contributed by atoms with Gasteiger partial charge < -0.3 is 24.2 Å². The molecule has 31 heavy (non-hydrogen) atoms. The van der Waals surface area contributed by atoms with Gasteiger partial charge in [-0.05, 0) is 43.2 Å². The van der Waals surface area contributed by atoms with Crippen LogP contribution in [0.15, 0.2) is 28.8 Å². The van der Waals surface area contributed by atoms with E-state index >= 15 is 0 Å². The summed E-state index contributed by atoms with van der Waals surface area (Å²) in [6, 6.07) is 5.90. The topological polar surface area (TPSA) is 93.9 Å². The van der Waals surface area contributed by atoms with E-state index in [9.17, 15) is 14.0 Å². The fourth-order valence-electron chi connectivity index (χ4n) is 4.14. The maximum atomic E-state index is 13.6. The third-order valence-electron chi connectivity index (χ3n) is 5.95. The van der Waals surface area contributed by atoms with Crippen molar-refractivity contribution >= 4 is 23.6 Å². The summed E-state index contributed by atoms with van der Waals surface area (Å²) < 4.78 is 29.7. The SMILES string of the molecule is CNC(=O)c1cc(COC(=O)N2CCC3(CC2)CC(Oc2ccc(Cl)c(F)c2)C3)on1. The number of rotatable bonds is 5. The van der Waals surface area contributed by atoms with Crippen LogP contribution in [-0.4, -0.2) is 48.3 Å². The largest absolute Gasteiger partial charge is 0.490 e. The molecular weight excluding hydrogens is 429 g/mol. The molecule has 1 saturated heterocycles. The summed E-state index contributed by atoms with van der Waals surface area (Å²) >= 11 is 5.70. The fraction of sp³-hybridized carbons (Fsp3) is 0.476. The molecule has 1 N–H and O–H groups in total. The van der Waals surface area contributed by atoms with Crippen LogP contribution in [0.25, 0.3) is 0 Å². The van der Waals surface area contributed by atoms with Gasteiger partial charge in [0.05, 0.1) is 11.1 Å². The summed E-state index contributed by atoms with van der Waals surface area (Å²) in [6.45, 7) is 1.11. The normalized spacial score (nSPS) is 17.8. The van der Waals surface area contributed by atoms with Gasteiger partial charge in [-0.25, -0.2) is 9.18 Å². The summed E-state index contributed by atoms with van der Waals surface area (Å²) in [5, 5.41) is 6.15. The summed E-state index contributed by atoms with van der Waals surface area (Å²) in [7, 11) is 1.49. The van der Waals surface area contributed by atoms with Gasteiger partial charge in [0.25, 0.3) is 5.91 Å². The number of nitrogens with zero attached hydrogens (tertiary/aromatic N) is 2. The van der Waals surface area contributed by atoms with E-state index in [2.05, 4.69) is 10.5 Å². The minimum atomic E-state index is -0.491. The van der Waals surface area contributed by atoms with Crippen molar-refractivity contribution in [3.8, 4) is 5.75 Å². The average Bonchev–Trinajstić information content (AvgIpc) is 3.22. The number of nitrogens with one attached hydrogen (secondary N) is 1. The molecule has 1 aliphatic carbocycles. The van der Waals surface area contributed by atoms with Crippen molar-refractivity contribution in [2.24, 2.45) is 5.41 Å². The first-order valence-electron chi connectivity index (χ1n) is 10.1. The predicted octanol–water partition coefficient (Wildman–Crippen LogP) is 3.79. The number of halogens is 2. The van der Waals surface area contributed by atoms with Crippen molar-refractivity contribution in [1.29, 1.82) is 0 Å². The van der Waals surface area contributed by atoms with Crippen molar-refractivity contribution in [2.45, 2.75) is 38.4 Å². The molecule has 1 aliphatic heterocycles. The van der Waals surface area contributed by atoms with Crippen LogP contribution >= 0.6 is 11.6 Å². The van der Waals surface area contributed by atoms with Gasteiger partial charge in [0.2, 0.25) is 0 Å². The zero-order chi connectivity index (χ0) is 22.0. The number of carbonyl (C=O) groups is 2. The number of ether oxygens (including phenoxy) is 2. The monoisotopic (exact) mass is 451 g/mol. The van der Waals surface area contributed by atoms with Crippen LogP contribution in [0.4, 0.5) is 9.18 Å². The van der Waals surface area contributed by atoms with Crippen LogP contribution in [0.1, 0.15) is 41.9 Å². The first-order chi connectivity index (χ1) is 14.9. The Labute approximate surface area is 183 Å². The highest BCUT2D eigenvalue weighted by atomic mass is 35.5. The molecular formula is C21H23ClFN3O5. The number of carbonyl (C=O) groups excluding carboxylic acids is 2. The lowest BCUT2D eigenvalue weighted by Crippen LogP contribution is -2.52. The quantitative estimate of drug-likeness (QED) is 0.743. The van der Waals surface area contributed by atoms with Crippen LogP contribution in [0, 0.1) is 11.2 Å². The first kappa shape index (κ1) is 21.4. The van der Waals surface area contributed by atoms with E-state index < -0.39 is 11.9 Å². The number of hydrogen-bond donors (Lipinski definition) is 1. The summed E-state index contributed by atoms with van der Waals surface area (Å²) in [5.74, 6) is -0.0744. The van der Waals surface area contributed by atoms with Crippen LogP contribution in [0.3, 0.4) is 0 Å². The van der Waals surface area contributed by atoms with Gasteiger partial charge in [-0.2, -0.15) is 0 Å². The first-order valence-corrected chi connectivity index (χ1v) is 10.5. The van der Waals surface area contributed by atoms with Crippen LogP contribution in [0.2, 0.25) is 5.02 Å². The number of likely N-dealkylation sites (tertiary alicyclic amines) is 1. The molecule has 1 aromatic heterocycles. The molecule has 8 nitrogen and oxygen atoms in total. The van der Waals surface area contributed by atoms with Gasteiger partial charge in [0, 0.05) is 32.3 Å². The third-order valence-corrected chi connectivity index (χ3v) is 6.26. The summed E-state index contributed by atoms with van der Waals surface area (Å²) in [5.41, 5.74) is 0.288. The van der Waals surface area contributed by atoms with E-state index in [-0.39, 0.29) is 34.7 Å². The number of hydrogen-bond acceptors (Lipinski definition) is 6. The van der Waals surface area contributed by atoms with Crippen molar-refractivity contribution in [2.75, 3.05) is 20.1 Å². The maximum absolute atomic E-state index is 13.6. The molecule has 2 heterocycles. The minimum absolute atomic E-state index is 0.0417. The number of piperidine rings is 1. The van der Waals surface area contributed by atoms with Gasteiger partial charge in [0.1, 0.15) is 11.6 Å². The van der Waals surface area contributed by atoms with Crippen molar-refractivity contribution in [3.63, 3.8) is 0 Å². The Morgan fingerprint density at radius 2 is 2.06 bits per heavy atom. The molecule has 1 saturated carbocycles. The van der Waals surface area contributed by atoms with Crippen LogP contribution < -0.4 is 10.1 Å². The molecule has 1 aromatic carbocycles. The molecule has 2 aromatic rings. The number of aromatic nitrogens is 1. The van der Waals surface area contributed by atoms with Gasteiger partial charge in [-0.1, -0.05) is 16.8 Å². The van der Waals surface area contributed by atoms with Crippen molar-refractivity contribution < 1.29 is 28.0 Å². The Bertz CT molecular complexity index is 966. The third kappa shape index (κ3) is 4.76. The van der Waals surface area contributed by atoms with Crippen molar-refractivity contribution in [1.82, 2.24) is 15.4 Å². The zero-order valence-corrected chi connectivity index (χ0v) is 17.8. The molecule has 0 atom stereocenters. The standard InChI is InChI=1S/C21H23ClFN3O5/c1-24-19(27)18-9-14(31-25-18)12-29-20(28)26-6-4-21(5-7-26)10-15(11-21)30-13-2-3-16(22)17(23)8-13/h2-3,8-9,15H,4-7,10-12H2,1H3,(H,24,27). The molecule has 0 unspecified atom stereocenters. The van der Waals surface area contributed by atoms with Gasteiger partial charge in [-0.15, -0.1) is 0 Å². The molecule has 1 spiro atoms. The smallest absolute Gasteiger partial charge is 0.410 e. The maximum Gasteiger partial charge on any atom is 0.410 e. The highest BCUT2D eigenvalue weighted by Gasteiger charge is 2.47. The van der Waals surface area contributed by atoms with Crippen molar-refractivity contribution in [3.05, 3.63) is 46.6 Å². The van der Waals surface area contributed by atoms with Crippen LogP contribution in [0.5, 0.6) is 5.75 Å². The van der Waals surface area contributed by atoms with Gasteiger partial charge in [0.15, 0.2) is 18.1 Å².